The highest BCUT2D eigenvalue weighted by molar-refractivity contribution is 6.00. The van der Waals surface area contributed by atoms with Crippen LogP contribution in [0.2, 0.25) is 0 Å². The smallest absolute Gasteiger partial charge is 0.408 e. The molecule has 0 spiro atoms. The van der Waals surface area contributed by atoms with Crippen LogP contribution in [-0.2, 0) is 14.3 Å². The van der Waals surface area contributed by atoms with Gasteiger partial charge in [0.15, 0.2) is 6.04 Å². The maximum absolute atomic E-state index is 13.7. The number of aromatic hydroxyl groups is 1. The fourth-order valence-corrected chi connectivity index (χ4v) is 3.58. The second-order valence-corrected chi connectivity index (χ2v) is 9.84. The summed E-state index contributed by atoms with van der Waals surface area (Å²) in [5.41, 5.74) is -0.223. The van der Waals surface area contributed by atoms with E-state index in [0.29, 0.717) is 11.4 Å². The Balaban J connectivity index is 2.45. The molecule has 2 aromatic carbocycles. The first-order chi connectivity index (χ1) is 17.4. The molecular weight excluding hydrogens is 474 g/mol. The summed E-state index contributed by atoms with van der Waals surface area (Å²) in [7, 11) is 1.52. The molecule has 0 saturated heterocycles. The lowest BCUT2D eigenvalue weighted by Gasteiger charge is -2.31. The van der Waals surface area contributed by atoms with Crippen molar-refractivity contribution in [2.45, 2.75) is 58.7 Å². The van der Waals surface area contributed by atoms with Crippen molar-refractivity contribution in [2.75, 3.05) is 12.4 Å². The molecule has 0 radical (unpaired) electrons. The molecule has 2 aromatic rings. The molecule has 0 aliphatic rings. The summed E-state index contributed by atoms with van der Waals surface area (Å²) in [6.45, 7) is 8.88. The van der Waals surface area contributed by atoms with E-state index in [1.54, 1.807) is 57.2 Å². The van der Waals surface area contributed by atoms with E-state index in [1.165, 1.54) is 19.2 Å². The Morgan fingerprint density at radius 3 is 2.22 bits per heavy atom. The summed E-state index contributed by atoms with van der Waals surface area (Å²) < 4.78 is 10.5. The lowest BCUT2D eigenvalue weighted by Crippen LogP contribution is -2.51. The Bertz CT molecular complexity index is 1130. The monoisotopic (exact) mass is 509 g/mol. The Hall–Kier alpha value is -4.19. The first-order valence-corrected chi connectivity index (χ1v) is 11.9. The maximum Gasteiger partial charge on any atom is 0.408 e. The van der Waals surface area contributed by atoms with Gasteiger partial charge in [-0.25, -0.2) is 4.79 Å². The van der Waals surface area contributed by atoms with Crippen molar-refractivity contribution in [3.8, 4) is 24.0 Å². The van der Waals surface area contributed by atoms with Crippen molar-refractivity contribution in [3.05, 3.63) is 54.1 Å². The third-order valence-electron chi connectivity index (χ3n) is 5.17. The van der Waals surface area contributed by atoms with E-state index < -0.39 is 35.6 Å². The van der Waals surface area contributed by atoms with Gasteiger partial charge in [0, 0.05) is 17.3 Å². The number of amides is 3. The van der Waals surface area contributed by atoms with Gasteiger partial charge in [0.25, 0.3) is 11.8 Å². The van der Waals surface area contributed by atoms with Crippen LogP contribution in [0.25, 0.3) is 0 Å². The van der Waals surface area contributed by atoms with E-state index in [-0.39, 0.29) is 23.7 Å². The second kappa shape index (κ2) is 12.7. The van der Waals surface area contributed by atoms with E-state index >= 15 is 0 Å². The number of carbonyl (C=O) groups excluding carboxylic acids is 3. The van der Waals surface area contributed by atoms with E-state index in [0.717, 1.165) is 4.90 Å². The van der Waals surface area contributed by atoms with Gasteiger partial charge in [-0.1, -0.05) is 38.5 Å². The largest absolute Gasteiger partial charge is 0.508 e. The molecule has 2 unspecified atom stereocenters. The summed E-state index contributed by atoms with van der Waals surface area (Å²) in [6.07, 6.45) is 5.22. The quantitative estimate of drug-likeness (QED) is 0.340. The summed E-state index contributed by atoms with van der Waals surface area (Å²) in [5.74, 6) is -0.967. The number of phenols is 1. The molecule has 0 heterocycles. The second-order valence-electron chi connectivity index (χ2n) is 9.84. The number of hydrogen-bond acceptors (Lipinski definition) is 6. The van der Waals surface area contributed by atoms with Gasteiger partial charge in [-0.15, -0.1) is 0 Å². The number of rotatable bonds is 9. The lowest BCUT2D eigenvalue weighted by molar-refractivity contribution is -0.137. The maximum atomic E-state index is 13.7. The van der Waals surface area contributed by atoms with Gasteiger partial charge in [0.05, 0.1) is 7.11 Å². The zero-order valence-electron chi connectivity index (χ0n) is 22.1. The highest BCUT2D eigenvalue weighted by atomic mass is 16.6. The SMILES string of the molecule is C#CN(C(=O)C(CC(C)C)NC(=O)OC(C)(C)C)C(C(=O)Nc1ccc(OC)cc1)c1ccccc1O. The normalized spacial score (nSPS) is 12.6. The Labute approximate surface area is 218 Å². The number of para-hydroxylation sites is 1. The number of anilines is 1. The molecular formula is C28H35N3O6. The standard InChI is InChI=1S/C28H35N3O6/c1-8-31(26(34)22(17-18(2)3)30-27(35)37-28(4,5)6)24(21-11-9-10-12-23(21)32)25(33)29-19-13-15-20(36-7)16-14-19/h1,9-16,18,22,24,32H,17H2,2-7H3,(H,29,33)(H,30,35). The van der Waals surface area contributed by atoms with Crippen LogP contribution in [0.15, 0.2) is 48.5 Å². The molecule has 3 amide bonds. The van der Waals surface area contributed by atoms with Crippen LogP contribution >= 0.6 is 0 Å². The minimum absolute atomic E-state index is 0.000199. The van der Waals surface area contributed by atoms with E-state index in [2.05, 4.69) is 16.7 Å². The number of ether oxygens (including phenoxy) is 2. The fraction of sp³-hybridized carbons (Fsp3) is 0.393. The van der Waals surface area contributed by atoms with Crippen LogP contribution in [0.4, 0.5) is 10.5 Å². The number of alkyl carbamates (subject to hydrolysis) is 1. The molecule has 9 heteroatoms. The topological polar surface area (TPSA) is 117 Å². The van der Waals surface area contributed by atoms with Crippen LogP contribution in [0.5, 0.6) is 11.5 Å². The summed E-state index contributed by atoms with van der Waals surface area (Å²) in [6, 6.07) is 12.5. The number of terminal acetylenes is 1. The number of nitrogens with zero attached hydrogens (tertiary/aromatic N) is 1. The Kier molecular flexibility index (Phi) is 9.95. The van der Waals surface area contributed by atoms with Gasteiger partial charge in [-0.05, 0) is 63.4 Å². The zero-order valence-corrected chi connectivity index (χ0v) is 22.1. The van der Waals surface area contributed by atoms with Crippen molar-refractivity contribution in [1.82, 2.24) is 10.2 Å². The van der Waals surface area contributed by atoms with Crippen LogP contribution in [-0.4, -0.2) is 46.7 Å². The average molecular weight is 510 g/mol. The van der Waals surface area contributed by atoms with Crippen molar-refractivity contribution >= 4 is 23.6 Å². The summed E-state index contributed by atoms with van der Waals surface area (Å²) >= 11 is 0. The van der Waals surface area contributed by atoms with Gasteiger partial charge in [-0.2, -0.15) is 0 Å². The Morgan fingerprint density at radius 2 is 1.70 bits per heavy atom. The first-order valence-electron chi connectivity index (χ1n) is 11.9. The van der Waals surface area contributed by atoms with Gasteiger partial charge >= 0.3 is 6.09 Å². The summed E-state index contributed by atoms with van der Waals surface area (Å²) in [4.78, 5) is 40.6. The van der Waals surface area contributed by atoms with Crippen molar-refractivity contribution < 1.29 is 29.0 Å². The minimum atomic E-state index is -1.39. The summed E-state index contributed by atoms with van der Waals surface area (Å²) in [5, 5.41) is 15.9. The number of nitrogens with one attached hydrogen (secondary N) is 2. The minimum Gasteiger partial charge on any atom is -0.508 e. The third-order valence-corrected chi connectivity index (χ3v) is 5.17. The van der Waals surface area contributed by atoms with Gasteiger partial charge < -0.3 is 25.2 Å². The predicted octanol–water partition coefficient (Wildman–Crippen LogP) is 4.44. The predicted molar refractivity (Wildman–Crippen MR) is 141 cm³/mol. The molecule has 0 fully saturated rings. The molecule has 9 nitrogen and oxygen atoms in total. The van der Waals surface area contributed by atoms with Crippen LogP contribution in [0, 0.1) is 18.4 Å². The molecule has 3 N–H and O–H groups in total. The molecule has 37 heavy (non-hydrogen) atoms. The molecule has 0 bridgehead atoms. The number of carbonyl (C=O) groups is 3. The fourth-order valence-electron chi connectivity index (χ4n) is 3.58. The molecule has 0 saturated carbocycles. The highest BCUT2D eigenvalue weighted by Gasteiger charge is 2.37. The molecule has 2 atom stereocenters. The zero-order chi connectivity index (χ0) is 27.8. The lowest BCUT2D eigenvalue weighted by atomic mass is 9.99. The van der Waals surface area contributed by atoms with Gasteiger partial charge in [-0.3, -0.25) is 14.5 Å². The number of phenolic OH excluding ortho intramolecular Hbond substituents is 1. The third kappa shape index (κ3) is 8.46. The van der Waals surface area contributed by atoms with Crippen LogP contribution in [0.3, 0.4) is 0 Å². The average Bonchev–Trinajstić information content (AvgIpc) is 2.81. The first kappa shape index (κ1) is 29.0. The van der Waals surface area contributed by atoms with E-state index in [9.17, 15) is 19.5 Å². The molecule has 0 aliphatic carbocycles. The number of methoxy groups -OCH3 is 1. The van der Waals surface area contributed by atoms with Crippen LogP contribution < -0.4 is 15.4 Å². The molecule has 198 valence electrons. The van der Waals surface area contributed by atoms with Crippen molar-refractivity contribution in [1.29, 1.82) is 0 Å². The molecule has 0 aromatic heterocycles. The number of hydrogen-bond donors (Lipinski definition) is 3. The van der Waals surface area contributed by atoms with Gasteiger partial charge in [0.1, 0.15) is 23.1 Å². The number of benzene rings is 2. The molecule has 0 aliphatic heterocycles. The molecule has 2 rings (SSSR count). The van der Waals surface area contributed by atoms with Crippen molar-refractivity contribution in [3.63, 3.8) is 0 Å². The van der Waals surface area contributed by atoms with Crippen molar-refractivity contribution in [2.24, 2.45) is 5.92 Å². The Morgan fingerprint density at radius 1 is 1.08 bits per heavy atom. The van der Waals surface area contributed by atoms with E-state index in [4.69, 9.17) is 15.9 Å². The van der Waals surface area contributed by atoms with Gasteiger partial charge in [0.2, 0.25) is 0 Å². The van der Waals surface area contributed by atoms with Crippen LogP contribution in [0.1, 0.15) is 52.6 Å². The highest BCUT2D eigenvalue weighted by Crippen LogP contribution is 2.31. The van der Waals surface area contributed by atoms with E-state index in [1.807, 2.05) is 13.8 Å².